The van der Waals surface area contributed by atoms with E-state index < -0.39 is 0 Å². The number of para-hydroxylation sites is 1. The first-order valence-corrected chi connectivity index (χ1v) is 8.60. The summed E-state index contributed by atoms with van der Waals surface area (Å²) in [5.41, 5.74) is 8.36. The molecule has 25 heavy (non-hydrogen) atoms. The minimum absolute atomic E-state index is 0.254. The van der Waals surface area contributed by atoms with Gasteiger partial charge < -0.3 is 11.1 Å². The molecule has 9 heteroatoms. The van der Waals surface area contributed by atoms with Crippen LogP contribution in [0.15, 0.2) is 40.3 Å². The summed E-state index contributed by atoms with van der Waals surface area (Å²) in [6.45, 7) is 4.88. The van der Waals surface area contributed by atoms with Gasteiger partial charge in [-0.3, -0.25) is 14.6 Å². The van der Waals surface area contributed by atoms with E-state index in [2.05, 4.69) is 25.8 Å². The van der Waals surface area contributed by atoms with Crippen LogP contribution in [0.4, 0.5) is 5.69 Å². The Morgan fingerprint density at radius 3 is 2.88 bits per heavy atom. The lowest BCUT2D eigenvalue weighted by Gasteiger charge is -2.10. The van der Waals surface area contributed by atoms with E-state index in [1.54, 1.807) is 22.6 Å². The Hall–Kier alpha value is -2.65. The number of H-pyrrole nitrogens is 1. The Morgan fingerprint density at radius 2 is 2.16 bits per heavy atom. The molecular formula is C16H19N7OS. The number of hydrogen-bond donors (Lipinski definition) is 3. The topological polar surface area (TPSA) is 115 Å². The van der Waals surface area contributed by atoms with Gasteiger partial charge in [-0.15, -0.1) is 5.10 Å². The third-order valence-electron chi connectivity index (χ3n) is 3.54. The molecule has 4 N–H and O–H groups in total. The normalized spacial score (nSPS) is 10.8. The molecule has 0 aliphatic carbocycles. The van der Waals surface area contributed by atoms with E-state index in [4.69, 9.17) is 5.73 Å². The highest BCUT2D eigenvalue weighted by Crippen LogP contribution is 2.36. The van der Waals surface area contributed by atoms with Crippen molar-refractivity contribution >= 4 is 23.4 Å². The second kappa shape index (κ2) is 7.49. The van der Waals surface area contributed by atoms with Crippen molar-refractivity contribution in [3.05, 3.63) is 47.5 Å². The van der Waals surface area contributed by atoms with Crippen molar-refractivity contribution in [1.82, 2.24) is 25.2 Å². The highest BCUT2D eigenvalue weighted by atomic mass is 32.2. The summed E-state index contributed by atoms with van der Waals surface area (Å²) in [6.07, 6.45) is 1.59. The van der Waals surface area contributed by atoms with Gasteiger partial charge in [-0.25, -0.2) is 0 Å². The van der Waals surface area contributed by atoms with E-state index in [0.717, 1.165) is 21.2 Å². The lowest BCUT2D eigenvalue weighted by atomic mass is 10.3. The van der Waals surface area contributed by atoms with E-state index in [0.29, 0.717) is 18.8 Å². The Bertz CT molecular complexity index is 867. The number of nitrogens with two attached hydrogens (primary N) is 1. The molecule has 0 saturated heterocycles. The lowest BCUT2D eigenvalue weighted by Crippen LogP contribution is -2.13. The number of aryl methyl sites for hydroxylation is 2. The largest absolute Gasteiger partial charge is 0.329 e. The summed E-state index contributed by atoms with van der Waals surface area (Å²) in [7, 11) is 0. The van der Waals surface area contributed by atoms with E-state index in [1.807, 2.05) is 38.1 Å². The maximum atomic E-state index is 12.4. The molecule has 2 heterocycles. The molecule has 3 rings (SSSR count). The predicted molar refractivity (Wildman–Crippen MR) is 95.7 cm³/mol. The molecule has 0 aliphatic heterocycles. The van der Waals surface area contributed by atoms with Gasteiger partial charge in [-0.1, -0.05) is 29.1 Å². The molecule has 0 spiro atoms. The van der Waals surface area contributed by atoms with Crippen LogP contribution >= 0.6 is 11.8 Å². The second-order valence-electron chi connectivity index (χ2n) is 5.47. The van der Waals surface area contributed by atoms with Crippen LogP contribution in [-0.4, -0.2) is 37.6 Å². The lowest BCUT2D eigenvalue weighted by molar-refractivity contribution is 0.102. The summed E-state index contributed by atoms with van der Waals surface area (Å²) in [4.78, 5) is 14.4. The molecule has 0 unspecified atom stereocenters. The average Bonchev–Trinajstić information content (AvgIpc) is 3.19. The Labute approximate surface area is 149 Å². The predicted octanol–water partition coefficient (Wildman–Crippen LogP) is 1.98. The van der Waals surface area contributed by atoms with Crippen molar-refractivity contribution < 1.29 is 4.79 Å². The monoisotopic (exact) mass is 357 g/mol. The van der Waals surface area contributed by atoms with Gasteiger partial charge in [0.25, 0.3) is 5.91 Å². The fourth-order valence-corrected chi connectivity index (χ4v) is 3.28. The van der Waals surface area contributed by atoms with E-state index in [1.165, 1.54) is 0 Å². The van der Waals surface area contributed by atoms with Gasteiger partial charge in [0.1, 0.15) is 0 Å². The molecule has 0 atom stereocenters. The SMILES string of the molecule is Cc1n[nH]c(C)c1Sc1ccccc1NC(=O)c1cn(CCN)nn1. The first-order valence-electron chi connectivity index (χ1n) is 7.78. The molecule has 130 valence electrons. The highest BCUT2D eigenvalue weighted by molar-refractivity contribution is 7.99. The van der Waals surface area contributed by atoms with E-state index in [9.17, 15) is 4.79 Å². The second-order valence-corrected chi connectivity index (χ2v) is 6.52. The zero-order valence-electron chi connectivity index (χ0n) is 14.0. The van der Waals surface area contributed by atoms with Crippen molar-refractivity contribution in [2.24, 2.45) is 5.73 Å². The van der Waals surface area contributed by atoms with Crippen molar-refractivity contribution in [2.75, 3.05) is 11.9 Å². The Balaban J connectivity index is 1.79. The summed E-state index contributed by atoms with van der Waals surface area (Å²) in [6, 6.07) is 7.62. The highest BCUT2D eigenvalue weighted by Gasteiger charge is 2.15. The number of aromatic amines is 1. The number of amides is 1. The fraction of sp³-hybridized carbons (Fsp3) is 0.250. The van der Waals surface area contributed by atoms with Gasteiger partial charge >= 0.3 is 0 Å². The van der Waals surface area contributed by atoms with E-state index >= 15 is 0 Å². The van der Waals surface area contributed by atoms with Gasteiger partial charge in [0.05, 0.1) is 29.0 Å². The van der Waals surface area contributed by atoms with Crippen LogP contribution in [-0.2, 0) is 6.54 Å². The summed E-state index contributed by atoms with van der Waals surface area (Å²) >= 11 is 1.56. The molecule has 0 saturated carbocycles. The van der Waals surface area contributed by atoms with E-state index in [-0.39, 0.29) is 11.6 Å². The van der Waals surface area contributed by atoms with Gasteiger partial charge in [-0.2, -0.15) is 5.10 Å². The van der Waals surface area contributed by atoms with Crippen LogP contribution in [0.2, 0.25) is 0 Å². The minimum Gasteiger partial charge on any atom is -0.329 e. The summed E-state index contributed by atoms with van der Waals surface area (Å²) in [5, 5.41) is 17.8. The summed E-state index contributed by atoms with van der Waals surface area (Å²) < 4.78 is 1.55. The van der Waals surface area contributed by atoms with Crippen molar-refractivity contribution in [3.63, 3.8) is 0 Å². The fourth-order valence-electron chi connectivity index (χ4n) is 2.29. The third-order valence-corrected chi connectivity index (χ3v) is 4.92. The number of benzene rings is 1. The number of hydrogen-bond acceptors (Lipinski definition) is 6. The van der Waals surface area contributed by atoms with Gasteiger partial charge in [0, 0.05) is 17.1 Å². The minimum atomic E-state index is -0.308. The molecule has 0 fully saturated rings. The number of carbonyl (C=O) groups is 1. The quantitative estimate of drug-likeness (QED) is 0.621. The zero-order valence-corrected chi connectivity index (χ0v) is 14.8. The van der Waals surface area contributed by atoms with Crippen molar-refractivity contribution in [2.45, 2.75) is 30.2 Å². The van der Waals surface area contributed by atoms with Gasteiger partial charge in [0.15, 0.2) is 5.69 Å². The van der Waals surface area contributed by atoms with Gasteiger partial charge in [-0.05, 0) is 26.0 Å². The van der Waals surface area contributed by atoms with Crippen LogP contribution in [0.1, 0.15) is 21.9 Å². The molecule has 0 aliphatic rings. The first kappa shape index (κ1) is 17.2. The standard InChI is InChI=1S/C16H19N7OS/c1-10-15(11(2)20-19-10)25-14-6-4-3-5-12(14)18-16(24)13-9-23(8-7-17)22-21-13/h3-6,9H,7-8,17H2,1-2H3,(H,18,24)(H,19,20). The first-order chi connectivity index (χ1) is 12.1. The van der Waals surface area contributed by atoms with Crippen molar-refractivity contribution in [1.29, 1.82) is 0 Å². The average molecular weight is 357 g/mol. The molecule has 1 amide bonds. The molecule has 2 aromatic heterocycles. The number of aromatic nitrogens is 5. The molecule has 3 aromatic rings. The van der Waals surface area contributed by atoms with Crippen LogP contribution < -0.4 is 11.1 Å². The number of nitrogens with zero attached hydrogens (tertiary/aromatic N) is 4. The molecule has 0 radical (unpaired) electrons. The zero-order chi connectivity index (χ0) is 17.8. The number of carbonyl (C=O) groups excluding carboxylic acids is 1. The Morgan fingerprint density at radius 1 is 1.36 bits per heavy atom. The smallest absolute Gasteiger partial charge is 0.277 e. The number of rotatable bonds is 6. The molecule has 0 bridgehead atoms. The van der Waals surface area contributed by atoms with Crippen molar-refractivity contribution in [3.8, 4) is 0 Å². The Kier molecular flexibility index (Phi) is 5.15. The van der Waals surface area contributed by atoms with Gasteiger partial charge in [0.2, 0.25) is 0 Å². The van der Waals surface area contributed by atoms with Crippen LogP contribution in [0.5, 0.6) is 0 Å². The van der Waals surface area contributed by atoms with Crippen LogP contribution in [0, 0.1) is 13.8 Å². The summed E-state index contributed by atoms with van der Waals surface area (Å²) in [5.74, 6) is -0.308. The number of nitrogens with one attached hydrogen (secondary N) is 2. The molecule has 1 aromatic carbocycles. The number of anilines is 1. The molecular weight excluding hydrogens is 338 g/mol. The van der Waals surface area contributed by atoms with Crippen LogP contribution in [0.25, 0.3) is 0 Å². The maximum absolute atomic E-state index is 12.4. The maximum Gasteiger partial charge on any atom is 0.277 e. The van der Waals surface area contributed by atoms with Crippen LogP contribution in [0.3, 0.4) is 0 Å². The molecule has 8 nitrogen and oxygen atoms in total. The third kappa shape index (κ3) is 3.89.